The van der Waals surface area contributed by atoms with Crippen LogP contribution in [0.3, 0.4) is 0 Å². The van der Waals surface area contributed by atoms with E-state index in [4.69, 9.17) is 13.9 Å². The molecule has 0 aliphatic rings. The van der Waals surface area contributed by atoms with E-state index < -0.39 is 16.5 Å². The fraction of sp³-hybridized carbons (Fsp3) is 0.231. The van der Waals surface area contributed by atoms with Gasteiger partial charge in [-0.05, 0) is 13.0 Å². The summed E-state index contributed by atoms with van der Waals surface area (Å²) < 4.78 is 14.6. The Morgan fingerprint density at radius 1 is 1.38 bits per heavy atom. The molecule has 0 aliphatic heterocycles. The maximum Gasteiger partial charge on any atom is 0.351 e. The molecule has 110 valence electrons. The van der Waals surface area contributed by atoms with Gasteiger partial charge >= 0.3 is 17.3 Å². The van der Waals surface area contributed by atoms with Crippen molar-refractivity contribution < 1.29 is 23.6 Å². The first-order valence-corrected chi connectivity index (χ1v) is 5.95. The molecule has 0 fully saturated rings. The fourth-order valence-electron chi connectivity index (χ4n) is 1.79. The summed E-state index contributed by atoms with van der Waals surface area (Å²) >= 11 is 0. The van der Waals surface area contributed by atoms with Gasteiger partial charge < -0.3 is 13.9 Å². The van der Waals surface area contributed by atoms with E-state index >= 15 is 0 Å². The van der Waals surface area contributed by atoms with Crippen LogP contribution in [0, 0.1) is 10.1 Å². The van der Waals surface area contributed by atoms with Crippen LogP contribution in [-0.2, 0) is 4.74 Å². The molecule has 1 aromatic carbocycles. The van der Waals surface area contributed by atoms with Crippen LogP contribution in [0.4, 0.5) is 5.69 Å². The van der Waals surface area contributed by atoms with E-state index in [1.165, 1.54) is 25.3 Å². The van der Waals surface area contributed by atoms with Crippen molar-refractivity contribution >= 4 is 22.6 Å². The minimum absolute atomic E-state index is 0.0421. The van der Waals surface area contributed by atoms with Crippen LogP contribution in [0.1, 0.15) is 17.3 Å². The summed E-state index contributed by atoms with van der Waals surface area (Å²) in [6.07, 6.45) is 0. The summed E-state index contributed by atoms with van der Waals surface area (Å²) in [7, 11) is 1.26. The van der Waals surface area contributed by atoms with Crippen LogP contribution in [0.15, 0.2) is 27.4 Å². The quantitative estimate of drug-likeness (QED) is 0.366. The predicted octanol–water partition coefficient (Wildman–Crippen LogP) is 1.89. The maximum atomic E-state index is 11.7. The lowest BCUT2D eigenvalue weighted by atomic mass is 10.1. The Labute approximate surface area is 118 Å². The average Bonchev–Trinajstić information content (AvgIpc) is 2.45. The molecule has 0 saturated carbocycles. The number of esters is 1. The zero-order valence-corrected chi connectivity index (χ0v) is 11.2. The van der Waals surface area contributed by atoms with Crippen LogP contribution in [0.2, 0.25) is 0 Å². The molecule has 0 bridgehead atoms. The van der Waals surface area contributed by atoms with Gasteiger partial charge in [-0.1, -0.05) is 0 Å². The van der Waals surface area contributed by atoms with Crippen molar-refractivity contribution in [1.82, 2.24) is 0 Å². The summed E-state index contributed by atoms with van der Waals surface area (Å²) in [5.41, 5.74) is -1.41. The number of fused-ring (bicyclic) bond motifs is 1. The standard InChI is InChI=1S/C13H11NO7/c1-3-20-12(15)8-4-7-5-9(14(17)18)11(19-2)6-10(7)21-13(8)16/h4-6H,3H2,1-2H3. The van der Waals surface area contributed by atoms with Crippen LogP contribution < -0.4 is 10.4 Å². The van der Waals surface area contributed by atoms with Gasteiger partial charge in [0.15, 0.2) is 0 Å². The van der Waals surface area contributed by atoms with Crippen molar-refractivity contribution in [1.29, 1.82) is 0 Å². The molecule has 8 heteroatoms. The van der Waals surface area contributed by atoms with Gasteiger partial charge in [-0.15, -0.1) is 0 Å². The number of carbonyl (C=O) groups excluding carboxylic acids is 1. The van der Waals surface area contributed by atoms with Gasteiger partial charge in [-0.3, -0.25) is 10.1 Å². The van der Waals surface area contributed by atoms with Crippen molar-refractivity contribution in [3.05, 3.63) is 44.3 Å². The van der Waals surface area contributed by atoms with E-state index in [-0.39, 0.29) is 34.6 Å². The Kier molecular flexibility index (Phi) is 3.88. The Morgan fingerprint density at radius 3 is 2.67 bits per heavy atom. The SMILES string of the molecule is CCOC(=O)c1cc2cc([N+](=O)[O-])c(OC)cc2oc1=O. The maximum absolute atomic E-state index is 11.7. The van der Waals surface area contributed by atoms with E-state index in [1.807, 2.05) is 0 Å². The van der Waals surface area contributed by atoms with Crippen LogP contribution in [0.5, 0.6) is 5.75 Å². The average molecular weight is 293 g/mol. The molecule has 1 heterocycles. The zero-order valence-electron chi connectivity index (χ0n) is 11.2. The first-order valence-electron chi connectivity index (χ1n) is 5.95. The smallest absolute Gasteiger partial charge is 0.351 e. The van der Waals surface area contributed by atoms with Gasteiger partial charge in [0.25, 0.3) is 0 Å². The normalized spacial score (nSPS) is 10.4. The number of ether oxygens (including phenoxy) is 2. The third-order valence-electron chi connectivity index (χ3n) is 2.73. The van der Waals surface area contributed by atoms with Gasteiger partial charge in [-0.25, -0.2) is 9.59 Å². The second kappa shape index (κ2) is 5.61. The summed E-state index contributed by atoms with van der Waals surface area (Å²) in [4.78, 5) is 33.7. The lowest BCUT2D eigenvalue weighted by Crippen LogP contribution is -2.16. The summed E-state index contributed by atoms with van der Waals surface area (Å²) in [5.74, 6) is -0.883. The highest BCUT2D eigenvalue weighted by Gasteiger charge is 2.20. The third-order valence-corrected chi connectivity index (χ3v) is 2.73. The zero-order chi connectivity index (χ0) is 15.6. The molecule has 0 aliphatic carbocycles. The van der Waals surface area contributed by atoms with Gasteiger partial charge in [0.05, 0.1) is 18.6 Å². The topological polar surface area (TPSA) is 109 Å². The van der Waals surface area contributed by atoms with Crippen LogP contribution in [0.25, 0.3) is 11.0 Å². The molecule has 8 nitrogen and oxygen atoms in total. The Balaban J connectivity index is 2.69. The molecule has 2 aromatic rings. The van der Waals surface area contributed by atoms with E-state index in [1.54, 1.807) is 6.92 Å². The minimum atomic E-state index is -0.878. The van der Waals surface area contributed by atoms with E-state index in [0.29, 0.717) is 0 Å². The molecular weight excluding hydrogens is 282 g/mol. The minimum Gasteiger partial charge on any atom is -0.490 e. The van der Waals surface area contributed by atoms with Gasteiger partial charge in [-0.2, -0.15) is 0 Å². The third kappa shape index (κ3) is 2.69. The van der Waals surface area contributed by atoms with Crippen molar-refractivity contribution in [2.75, 3.05) is 13.7 Å². The first-order chi connectivity index (χ1) is 9.97. The van der Waals surface area contributed by atoms with Gasteiger partial charge in [0, 0.05) is 17.5 Å². The van der Waals surface area contributed by atoms with E-state index in [0.717, 1.165) is 0 Å². The van der Waals surface area contributed by atoms with E-state index in [9.17, 15) is 19.7 Å². The molecule has 0 amide bonds. The lowest BCUT2D eigenvalue weighted by Gasteiger charge is -2.05. The fourth-order valence-corrected chi connectivity index (χ4v) is 1.79. The number of rotatable bonds is 4. The summed E-state index contributed by atoms with van der Waals surface area (Å²) in [6, 6.07) is 3.59. The summed E-state index contributed by atoms with van der Waals surface area (Å²) in [5, 5.41) is 11.2. The molecule has 0 unspecified atom stereocenters. The van der Waals surface area contributed by atoms with E-state index in [2.05, 4.69) is 0 Å². The Morgan fingerprint density at radius 2 is 2.10 bits per heavy atom. The Bertz CT molecular complexity index is 778. The highest BCUT2D eigenvalue weighted by atomic mass is 16.6. The predicted molar refractivity (Wildman–Crippen MR) is 71.6 cm³/mol. The molecule has 21 heavy (non-hydrogen) atoms. The Hall–Kier alpha value is -2.90. The van der Waals surface area contributed by atoms with Crippen molar-refractivity contribution in [2.45, 2.75) is 6.92 Å². The number of methoxy groups -OCH3 is 1. The molecule has 0 saturated heterocycles. The lowest BCUT2D eigenvalue weighted by molar-refractivity contribution is -0.385. The molecule has 0 atom stereocenters. The molecule has 0 N–H and O–H groups in total. The number of nitrogens with zero attached hydrogens (tertiary/aromatic N) is 1. The highest BCUT2D eigenvalue weighted by molar-refractivity contribution is 5.93. The second-order valence-electron chi connectivity index (χ2n) is 3.99. The summed E-state index contributed by atoms with van der Waals surface area (Å²) in [6.45, 7) is 1.69. The van der Waals surface area contributed by atoms with Crippen molar-refractivity contribution in [2.24, 2.45) is 0 Å². The van der Waals surface area contributed by atoms with Crippen molar-refractivity contribution in [3.8, 4) is 5.75 Å². The van der Waals surface area contributed by atoms with Gasteiger partial charge in [0.2, 0.25) is 5.75 Å². The highest BCUT2D eigenvalue weighted by Crippen LogP contribution is 2.31. The molecule has 0 radical (unpaired) electrons. The van der Waals surface area contributed by atoms with Gasteiger partial charge in [0.1, 0.15) is 11.1 Å². The van der Waals surface area contributed by atoms with Crippen LogP contribution >= 0.6 is 0 Å². The first kappa shape index (κ1) is 14.5. The number of nitro benzene ring substituents is 1. The molecular formula is C13H11NO7. The molecule has 0 spiro atoms. The number of benzene rings is 1. The molecule has 1 aromatic heterocycles. The number of hydrogen-bond donors (Lipinski definition) is 0. The second-order valence-corrected chi connectivity index (χ2v) is 3.99. The number of nitro groups is 1. The number of hydrogen-bond acceptors (Lipinski definition) is 7. The largest absolute Gasteiger partial charge is 0.490 e. The monoisotopic (exact) mass is 293 g/mol. The van der Waals surface area contributed by atoms with Crippen molar-refractivity contribution in [3.63, 3.8) is 0 Å². The molecule has 2 rings (SSSR count). The number of carbonyl (C=O) groups is 1. The van der Waals surface area contributed by atoms with Crippen LogP contribution in [-0.4, -0.2) is 24.6 Å².